The standard InChI is InChI=1S/C25H38N4O6.C2H6/c1-27-22(32)13-12-20(17-31)29(2)25(34)24-19(16-30)10-9-11-21(24)35-18-23(33)28-15-8-6-4-3-5-7-14-26;1-2/h9-11,16-17,20H,3-8,12-15,18,26H2,1-2H3,(H,27,32)(H,28,33);1-2H3. The van der Waals surface area contributed by atoms with Crippen LogP contribution in [0.5, 0.6) is 5.75 Å². The quantitative estimate of drug-likeness (QED) is 0.199. The summed E-state index contributed by atoms with van der Waals surface area (Å²) in [5, 5.41) is 5.25. The number of amides is 3. The molecule has 0 fully saturated rings. The van der Waals surface area contributed by atoms with E-state index < -0.39 is 11.9 Å². The minimum absolute atomic E-state index is 0.0397. The molecule has 0 saturated carbocycles. The number of hydrogen-bond donors (Lipinski definition) is 3. The normalized spacial score (nSPS) is 10.8. The Balaban J connectivity index is 0.00000631. The molecule has 0 aliphatic rings. The van der Waals surface area contributed by atoms with Gasteiger partial charge in [-0.1, -0.05) is 51.7 Å². The third-order valence-corrected chi connectivity index (χ3v) is 5.63. The zero-order valence-electron chi connectivity index (χ0n) is 22.7. The molecule has 1 unspecified atom stereocenters. The average molecular weight is 521 g/mol. The first-order valence-corrected chi connectivity index (χ1v) is 13.0. The lowest BCUT2D eigenvalue weighted by Gasteiger charge is -2.25. The van der Waals surface area contributed by atoms with Crippen molar-refractivity contribution in [3.05, 3.63) is 29.3 Å². The first-order valence-electron chi connectivity index (χ1n) is 13.0. The van der Waals surface area contributed by atoms with Gasteiger partial charge >= 0.3 is 0 Å². The Hall–Kier alpha value is -3.27. The lowest BCUT2D eigenvalue weighted by atomic mass is 10.0. The minimum Gasteiger partial charge on any atom is -0.483 e. The van der Waals surface area contributed by atoms with Gasteiger partial charge in [0.25, 0.3) is 11.8 Å². The number of unbranched alkanes of at least 4 members (excludes halogenated alkanes) is 5. The molecule has 3 amide bonds. The summed E-state index contributed by atoms with van der Waals surface area (Å²) in [6, 6.07) is 3.62. The van der Waals surface area contributed by atoms with E-state index in [1.807, 2.05) is 13.8 Å². The molecule has 1 aromatic rings. The second-order valence-corrected chi connectivity index (χ2v) is 8.22. The number of nitrogens with two attached hydrogens (primary N) is 1. The van der Waals surface area contributed by atoms with E-state index in [-0.39, 0.29) is 48.1 Å². The SMILES string of the molecule is CC.CNC(=O)CCC(C=O)N(C)C(=O)c1c(C=O)cccc1OCC(=O)NCCCCCCCCN. The largest absolute Gasteiger partial charge is 0.483 e. The van der Waals surface area contributed by atoms with Gasteiger partial charge < -0.3 is 30.8 Å². The molecule has 0 aliphatic heterocycles. The number of ether oxygens (including phenoxy) is 1. The van der Waals surface area contributed by atoms with Crippen molar-refractivity contribution >= 4 is 30.3 Å². The van der Waals surface area contributed by atoms with Gasteiger partial charge in [-0.3, -0.25) is 19.2 Å². The van der Waals surface area contributed by atoms with Gasteiger partial charge in [-0.25, -0.2) is 0 Å². The van der Waals surface area contributed by atoms with Crippen LogP contribution in [0, 0.1) is 0 Å². The van der Waals surface area contributed by atoms with E-state index in [2.05, 4.69) is 10.6 Å². The van der Waals surface area contributed by atoms with Gasteiger partial charge in [0.15, 0.2) is 12.9 Å². The number of hydrogen-bond acceptors (Lipinski definition) is 7. The molecule has 0 heterocycles. The van der Waals surface area contributed by atoms with Crippen LogP contribution in [0.2, 0.25) is 0 Å². The van der Waals surface area contributed by atoms with E-state index in [4.69, 9.17) is 10.5 Å². The summed E-state index contributed by atoms with van der Waals surface area (Å²) in [4.78, 5) is 61.2. The summed E-state index contributed by atoms with van der Waals surface area (Å²) in [5.74, 6) is -1.15. The maximum absolute atomic E-state index is 13.2. The van der Waals surface area contributed by atoms with Crippen LogP contribution in [-0.2, 0) is 14.4 Å². The molecule has 0 saturated heterocycles. The molecule has 0 aliphatic carbocycles. The molecule has 10 nitrogen and oxygen atoms in total. The van der Waals surface area contributed by atoms with Crippen molar-refractivity contribution in [2.24, 2.45) is 5.73 Å². The van der Waals surface area contributed by atoms with Crippen LogP contribution in [0.25, 0.3) is 0 Å². The monoisotopic (exact) mass is 520 g/mol. The zero-order chi connectivity index (χ0) is 28.1. The molecule has 37 heavy (non-hydrogen) atoms. The highest BCUT2D eigenvalue weighted by Crippen LogP contribution is 2.24. The Kier molecular flexibility index (Phi) is 19.0. The molecule has 4 N–H and O–H groups in total. The average Bonchev–Trinajstić information content (AvgIpc) is 2.93. The van der Waals surface area contributed by atoms with Crippen LogP contribution in [0.3, 0.4) is 0 Å². The molecule has 0 bridgehead atoms. The summed E-state index contributed by atoms with van der Waals surface area (Å²) in [6.45, 7) is 4.91. The van der Waals surface area contributed by atoms with Crippen LogP contribution in [0.15, 0.2) is 18.2 Å². The van der Waals surface area contributed by atoms with E-state index in [0.29, 0.717) is 25.7 Å². The molecule has 0 aromatic heterocycles. The van der Waals surface area contributed by atoms with Crippen molar-refractivity contribution in [2.45, 2.75) is 71.3 Å². The summed E-state index contributed by atoms with van der Waals surface area (Å²) in [7, 11) is 2.90. The number of likely N-dealkylation sites (N-methyl/N-ethyl adjacent to an activating group) is 1. The Morgan fingerprint density at radius 1 is 1.03 bits per heavy atom. The van der Waals surface area contributed by atoms with Crippen molar-refractivity contribution in [1.29, 1.82) is 0 Å². The fourth-order valence-electron chi connectivity index (χ4n) is 3.48. The minimum atomic E-state index is -0.869. The molecule has 1 rings (SSSR count). The van der Waals surface area contributed by atoms with Crippen LogP contribution in [0.1, 0.15) is 85.9 Å². The maximum atomic E-state index is 13.2. The fourth-order valence-corrected chi connectivity index (χ4v) is 3.48. The number of aldehydes is 2. The van der Waals surface area contributed by atoms with E-state index >= 15 is 0 Å². The van der Waals surface area contributed by atoms with E-state index in [1.54, 1.807) is 6.07 Å². The molecule has 1 atom stereocenters. The van der Waals surface area contributed by atoms with Gasteiger partial charge in [-0.05, 0) is 31.9 Å². The Bertz CT molecular complexity index is 846. The number of benzene rings is 1. The third kappa shape index (κ3) is 13.0. The van der Waals surface area contributed by atoms with E-state index in [0.717, 1.165) is 38.5 Å². The zero-order valence-corrected chi connectivity index (χ0v) is 22.7. The van der Waals surface area contributed by atoms with Crippen molar-refractivity contribution in [1.82, 2.24) is 15.5 Å². The summed E-state index contributed by atoms with van der Waals surface area (Å²) in [5.41, 5.74) is 5.51. The molecule has 0 radical (unpaired) electrons. The molecule has 1 aromatic carbocycles. The number of nitrogens with one attached hydrogen (secondary N) is 2. The second-order valence-electron chi connectivity index (χ2n) is 8.22. The van der Waals surface area contributed by atoms with Gasteiger partial charge in [0.2, 0.25) is 5.91 Å². The molecule has 10 heteroatoms. The number of carbonyl (C=O) groups is 5. The topological polar surface area (TPSA) is 148 Å². The second kappa shape index (κ2) is 20.9. The predicted molar refractivity (Wildman–Crippen MR) is 144 cm³/mol. The first-order chi connectivity index (χ1) is 17.9. The summed E-state index contributed by atoms with van der Waals surface area (Å²) < 4.78 is 5.58. The van der Waals surface area contributed by atoms with E-state index in [9.17, 15) is 24.0 Å². The Morgan fingerprint density at radius 2 is 1.68 bits per heavy atom. The van der Waals surface area contributed by atoms with Crippen molar-refractivity contribution < 1.29 is 28.7 Å². The number of rotatable bonds is 18. The van der Waals surface area contributed by atoms with Crippen LogP contribution in [-0.4, -0.2) is 75.0 Å². The third-order valence-electron chi connectivity index (χ3n) is 5.63. The molecule has 0 spiro atoms. The lowest BCUT2D eigenvalue weighted by Crippen LogP contribution is -2.39. The summed E-state index contributed by atoms with van der Waals surface area (Å²) >= 11 is 0. The van der Waals surface area contributed by atoms with Crippen LogP contribution >= 0.6 is 0 Å². The van der Waals surface area contributed by atoms with Gasteiger partial charge in [0.1, 0.15) is 12.0 Å². The first kappa shape index (κ1) is 33.7. The highest BCUT2D eigenvalue weighted by Gasteiger charge is 2.26. The number of nitrogens with zero attached hydrogens (tertiary/aromatic N) is 1. The highest BCUT2D eigenvalue weighted by molar-refractivity contribution is 6.04. The van der Waals surface area contributed by atoms with E-state index in [1.165, 1.54) is 31.1 Å². The Morgan fingerprint density at radius 3 is 2.27 bits per heavy atom. The fraction of sp³-hybridized carbons (Fsp3) is 0.593. The predicted octanol–water partition coefficient (Wildman–Crippen LogP) is 2.49. The van der Waals surface area contributed by atoms with Crippen LogP contribution in [0.4, 0.5) is 0 Å². The van der Waals surface area contributed by atoms with Gasteiger partial charge in [0, 0.05) is 32.6 Å². The molecule has 208 valence electrons. The van der Waals surface area contributed by atoms with Crippen molar-refractivity contribution in [3.63, 3.8) is 0 Å². The molecular formula is C27H44N4O6. The van der Waals surface area contributed by atoms with Crippen molar-refractivity contribution in [3.8, 4) is 5.75 Å². The highest BCUT2D eigenvalue weighted by atomic mass is 16.5. The number of carbonyl (C=O) groups excluding carboxylic acids is 5. The van der Waals surface area contributed by atoms with Crippen molar-refractivity contribution in [2.75, 3.05) is 33.8 Å². The van der Waals surface area contributed by atoms with Gasteiger partial charge in [-0.2, -0.15) is 0 Å². The summed E-state index contributed by atoms with van der Waals surface area (Å²) in [6.07, 6.45) is 7.52. The smallest absolute Gasteiger partial charge is 0.258 e. The van der Waals surface area contributed by atoms with Crippen LogP contribution < -0.4 is 21.1 Å². The van der Waals surface area contributed by atoms with Gasteiger partial charge in [-0.15, -0.1) is 0 Å². The maximum Gasteiger partial charge on any atom is 0.258 e. The Labute approximate surface area is 220 Å². The lowest BCUT2D eigenvalue weighted by molar-refractivity contribution is -0.123. The van der Waals surface area contributed by atoms with Gasteiger partial charge in [0.05, 0.1) is 11.6 Å². The molecular weight excluding hydrogens is 476 g/mol.